The van der Waals surface area contributed by atoms with Gasteiger partial charge in [-0.3, -0.25) is 0 Å². The second-order valence-corrected chi connectivity index (χ2v) is 16.8. The van der Waals surface area contributed by atoms with Crippen molar-refractivity contribution in [1.82, 2.24) is 0 Å². The van der Waals surface area contributed by atoms with Crippen LogP contribution in [0, 0.1) is 0 Å². The molecular weight excluding hydrogens is 928 g/mol. The number of ether oxygens (including phenoxy) is 11. The molecule has 0 aromatic carbocycles. The fourth-order valence-corrected chi connectivity index (χ4v) is 8.45. The lowest BCUT2D eigenvalue weighted by molar-refractivity contribution is -0.406. The quantitative estimate of drug-likeness (QED) is 0.0683. The molecule has 0 spiro atoms. The van der Waals surface area contributed by atoms with Gasteiger partial charge in [0.2, 0.25) is 0 Å². The van der Waals surface area contributed by atoms with E-state index in [0.717, 1.165) is 0 Å². The van der Waals surface area contributed by atoms with Gasteiger partial charge < -0.3 is 154 Å². The van der Waals surface area contributed by atoms with Crippen molar-refractivity contribution in [3.63, 3.8) is 0 Å². The summed E-state index contributed by atoms with van der Waals surface area (Å²) in [5.41, 5.74) is 0. The van der Waals surface area contributed by atoms with Crippen molar-refractivity contribution in [3.8, 4) is 0 Å². The Morgan fingerprint density at radius 2 is 0.478 bits per heavy atom. The zero-order valence-corrected chi connectivity index (χ0v) is 35.0. The summed E-state index contributed by atoms with van der Waals surface area (Å²) in [5, 5.41) is 211. The van der Waals surface area contributed by atoms with Crippen LogP contribution in [0.15, 0.2) is 0 Å². The standard InChI is InChI=1S/C36H62O31/c37-1-7-14(44)20(50)28(31(56)57-7)65-36-30(22(52)16(46)10(4-40)62-36)67-34-24(54)26(17(47)11(5-41)60-34)63-33-25(55)27(18(48)12(6-42)59-33)64-35-29(21(51)15(45)9(3-39)61-35)66-32-23(53)19(49)13(43)8(2-38)58-32/h7-56H,1-6H2/t7-,8-,9-,10-,11-,12-,13-,14-,15-,16-,17-,18-,19+,20+,21+,22+,23-,24+,25-,26+,27+,28+,29-,30+,31+,32-,33-,34-,35-,36-/m1/s1. The monoisotopic (exact) mass is 990 g/mol. The minimum absolute atomic E-state index is 0.847. The number of aliphatic hydroxyl groups is 20. The van der Waals surface area contributed by atoms with Gasteiger partial charge in [-0.15, -0.1) is 0 Å². The summed E-state index contributed by atoms with van der Waals surface area (Å²) in [6.07, 6.45) is -59.1. The highest BCUT2D eigenvalue weighted by Crippen LogP contribution is 2.37. The summed E-state index contributed by atoms with van der Waals surface area (Å²) in [7, 11) is 0. The predicted octanol–water partition coefficient (Wildman–Crippen LogP) is -14.1. The second kappa shape index (κ2) is 23.5. The third-order valence-electron chi connectivity index (χ3n) is 12.4. The normalized spacial score (nSPS) is 53.4. The summed E-state index contributed by atoms with van der Waals surface area (Å²) < 4.78 is 61.2. The first kappa shape index (κ1) is 55.1. The van der Waals surface area contributed by atoms with E-state index in [0.29, 0.717) is 0 Å². The Morgan fingerprint density at radius 1 is 0.224 bits per heavy atom. The molecule has 6 heterocycles. The molecule has 30 atom stereocenters. The van der Waals surface area contributed by atoms with E-state index in [1.807, 2.05) is 0 Å². The molecule has 0 aliphatic carbocycles. The molecule has 6 saturated heterocycles. The molecular formula is C36H62O31. The van der Waals surface area contributed by atoms with Crippen molar-refractivity contribution < 1.29 is 154 Å². The van der Waals surface area contributed by atoms with E-state index in [-0.39, 0.29) is 0 Å². The maximum atomic E-state index is 11.6. The molecule has 6 fully saturated rings. The zero-order valence-electron chi connectivity index (χ0n) is 35.0. The molecule has 0 amide bonds. The van der Waals surface area contributed by atoms with Crippen molar-refractivity contribution in [3.05, 3.63) is 0 Å². The molecule has 6 rings (SSSR count). The van der Waals surface area contributed by atoms with Gasteiger partial charge in [-0.05, 0) is 0 Å². The first-order valence-corrected chi connectivity index (χ1v) is 21.1. The summed E-state index contributed by atoms with van der Waals surface area (Å²) >= 11 is 0. The third-order valence-corrected chi connectivity index (χ3v) is 12.4. The average molecular weight is 991 g/mol. The van der Waals surface area contributed by atoms with Gasteiger partial charge in [0.15, 0.2) is 37.7 Å². The molecule has 6 aliphatic heterocycles. The average Bonchev–Trinajstić information content (AvgIpc) is 3.31. The van der Waals surface area contributed by atoms with E-state index in [2.05, 4.69) is 0 Å². The third kappa shape index (κ3) is 11.2. The fraction of sp³-hybridized carbons (Fsp3) is 1.00. The maximum absolute atomic E-state index is 11.6. The summed E-state index contributed by atoms with van der Waals surface area (Å²) in [4.78, 5) is 0. The molecule has 0 aromatic heterocycles. The fourth-order valence-electron chi connectivity index (χ4n) is 8.45. The summed E-state index contributed by atoms with van der Waals surface area (Å²) in [6, 6.07) is 0. The van der Waals surface area contributed by atoms with E-state index in [1.54, 1.807) is 0 Å². The van der Waals surface area contributed by atoms with Crippen LogP contribution < -0.4 is 0 Å². The van der Waals surface area contributed by atoms with Gasteiger partial charge >= 0.3 is 0 Å². The largest absolute Gasteiger partial charge is 0.394 e. The Balaban J connectivity index is 1.23. The molecule has 0 saturated carbocycles. The van der Waals surface area contributed by atoms with E-state index in [1.165, 1.54) is 0 Å². The van der Waals surface area contributed by atoms with Crippen molar-refractivity contribution in [1.29, 1.82) is 0 Å². The van der Waals surface area contributed by atoms with Gasteiger partial charge in [-0.2, -0.15) is 0 Å². The molecule has 31 nitrogen and oxygen atoms in total. The van der Waals surface area contributed by atoms with Gasteiger partial charge in [-0.25, -0.2) is 0 Å². The van der Waals surface area contributed by atoms with E-state index in [4.69, 9.17) is 52.1 Å². The minimum Gasteiger partial charge on any atom is -0.394 e. The first-order chi connectivity index (χ1) is 31.8. The molecule has 0 aromatic rings. The summed E-state index contributed by atoms with van der Waals surface area (Å²) in [6.45, 7) is -5.79. The first-order valence-electron chi connectivity index (χ1n) is 21.1. The van der Waals surface area contributed by atoms with E-state index >= 15 is 0 Å². The van der Waals surface area contributed by atoms with Crippen molar-refractivity contribution in [2.75, 3.05) is 39.6 Å². The van der Waals surface area contributed by atoms with Gasteiger partial charge in [0, 0.05) is 0 Å². The number of aliphatic hydroxyl groups excluding tert-OH is 20. The highest BCUT2D eigenvalue weighted by atomic mass is 16.8. The van der Waals surface area contributed by atoms with Gasteiger partial charge in [0.1, 0.15) is 146 Å². The predicted molar refractivity (Wildman–Crippen MR) is 199 cm³/mol. The molecule has 0 bridgehead atoms. The molecule has 392 valence electrons. The number of rotatable bonds is 16. The maximum Gasteiger partial charge on any atom is 0.187 e. The number of hydrogen-bond acceptors (Lipinski definition) is 31. The van der Waals surface area contributed by atoms with Crippen LogP contribution in [0.5, 0.6) is 0 Å². The van der Waals surface area contributed by atoms with Crippen LogP contribution >= 0.6 is 0 Å². The van der Waals surface area contributed by atoms with E-state index in [9.17, 15) is 102 Å². The molecule has 0 radical (unpaired) electrons. The van der Waals surface area contributed by atoms with Crippen molar-refractivity contribution >= 4 is 0 Å². The Bertz CT molecular complexity index is 1510. The molecule has 20 N–H and O–H groups in total. The Morgan fingerprint density at radius 3 is 0.851 bits per heavy atom. The van der Waals surface area contributed by atoms with Gasteiger partial charge in [0.25, 0.3) is 0 Å². The molecule has 67 heavy (non-hydrogen) atoms. The van der Waals surface area contributed by atoms with Crippen LogP contribution in [0.25, 0.3) is 0 Å². The topological polar surface area (TPSA) is 506 Å². The zero-order chi connectivity index (χ0) is 49.3. The lowest BCUT2D eigenvalue weighted by atomic mass is 9.95. The SMILES string of the molecule is OC[C@H]1O[C@H](O[C@H]2[C@@H](O[C@@H]3[C@@H](O)[C@@H](O[C@@H]4[C@H](O)[C@@H](O[C@@H]5[C@@H](O[C@H]6[C@@H](O)[C@H](O)[C@@H](CO)O[C@@H]6O)O[C@H](CO)[C@@H](O)[C@@H]5O)O[C@H](CO)[C@H]4O)O[C@H](CO)[C@H]3O)O[C@H](CO)[C@@H](O)[C@@H]2O)[C@H](O)[C@@H](O)[C@@H]1O. The van der Waals surface area contributed by atoms with Crippen LogP contribution in [-0.2, 0) is 52.1 Å². The van der Waals surface area contributed by atoms with Crippen LogP contribution in [0.1, 0.15) is 0 Å². The Hall–Kier alpha value is -1.24. The lowest BCUT2D eigenvalue weighted by Gasteiger charge is -2.50. The molecule has 6 aliphatic rings. The van der Waals surface area contributed by atoms with Crippen LogP contribution in [-0.4, -0.2) is 326 Å². The van der Waals surface area contributed by atoms with Gasteiger partial charge in [0.05, 0.1) is 39.6 Å². The second-order valence-electron chi connectivity index (χ2n) is 16.8. The van der Waals surface area contributed by atoms with E-state index < -0.39 is 224 Å². The van der Waals surface area contributed by atoms with Crippen LogP contribution in [0.3, 0.4) is 0 Å². The highest BCUT2D eigenvalue weighted by molar-refractivity contribution is 5.00. The lowest BCUT2D eigenvalue weighted by Crippen LogP contribution is -2.68. The minimum atomic E-state index is -2.28. The van der Waals surface area contributed by atoms with Crippen molar-refractivity contribution in [2.24, 2.45) is 0 Å². The molecule has 31 heteroatoms. The molecule has 0 unspecified atom stereocenters. The Labute approximate surface area is 378 Å². The smallest absolute Gasteiger partial charge is 0.187 e. The summed E-state index contributed by atoms with van der Waals surface area (Å²) in [5.74, 6) is 0. The number of hydrogen-bond donors (Lipinski definition) is 20. The highest BCUT2D eigenvalue weighted by Gasteiger charge is 2.58. The van der Waals surface area contributed by atoms with Crippen LogP contribution in [0.4, 0.5) is 0 Å². The van der Waals surface area contributed by atoms with Crippen molar-refractivity contribution in [2.45, 2.75) is 184 Å². The van der Waals surface area contributed by atoms with Crippen LogP contribution in [0.2, 0.25) is 0 Å². The van der Waals surface area contributed by atoms with Gasteiger partial charge in [-0.1, -0.05) is 0 Å². The Kier molecular flexibility index (Phi) is 19.4.